The second kappa shape index (κ2) is 5.63. The standard InChI is InChI=1S/C17H20FNO/c1-12-8-13(2)10-14(9-12)17(3,11-20)19-16-7-5-4-6-15(16)18/h4-10,19-20H,11H2,1-3H3. The van der Waals surface area contributed by atoms with E-state index in [9.17, 15) is 9.50 Å². The van der Waals surface area contributed by atoms with E-state index in [0.29, 0.717) is 5.69 Å². The zero-order valence-electron chi connectivity index (χ0n) is 12.1. The molecule has 20 heavy (non-hydrogen) atoms. The van der Waals surface area contributed by atoms with Crippen LogP contribution in [0.1, 0.15) is 23.6 Å². The topological polar surface area (TPSA) is 32.3 Å². The average Bonchev–Trinajstić information content (AvgIpc) is 2.40. The third-order valence-corrected chi connectivity index (χ3v) is 3.46. The minimum atomic E-state index is -0.723. The lowest BCUT2D eigenvalue weighted by Crippen LogP contribution is -2.36. The SMILES string of the molecule is Cc1cc(C)cc(C(C)(CO)Nc2ccccc2F)c1. The molecule has 0 aliphatic rings. The molecule has 0 amide bonds. The predicted molar refractivity (Wildman–Crippen MR) is 80.4 cm³/mol. The highest BCUT2D eigenvalue weighted by molar-refractivity contribution is 5.49. The van der Waals surface area contributed by atoms with Gasteiger partial charge in [0.2, 0.25) is 0 Å². The first-order chi connectivity index (χ1) is 9.44. The summed E-state index contributed by atoms with van der Waals surface area (Å²) in [5.41, 5.74) is 2.85. The highest BCUT2D eigenvalue weighted by Crippen LogP contribution is 2.28. The van der Waals surface area contributed by atoms with Crippen molar-refractivity contribution in [3.8, 4) is 0 Å². The molecule has 2 aromatic rings. The fourth-order valence-electron chi connectivity index (χ4n) is 2.36. The van der Waals surface area contributed by atoms with Crippen LogP contribution in [0, 0.1) is 19.7 Å². The fraction of sp³-hybridized carbons (Fsp3) is 0.294. The maximum atomic E-state index is 13.8. The second-order valence-electron chi connectivity index (χ2n) is 5.47. The molecule has 2 rings (SSSR count). The summed E-state index contributed by atoms with van der Waals surface area (Å²) < 4.78 is 13.8. The van der Waals surface area contributed by atoms with Crippen molar-refractivity contribution in [2.75, 3.05) is 11.9 Å². The van der Waals surface area contributed by atoms with Gasteiger partial charge in [-0.05, 0) is 38.5 Å². The lowest BCUT2D eigenvalue weighted by Gasteiger charge is -2.31. The summed E-state index contributed by atoms with van der Waals surface area (Å²) in [4.78, 5) is 0. The minimum Gasteiger partial charge on any atom is -0.394 e. The maximum Gasteiger partial charge on any atom is 0.146 e. The number of hydrogen-bond donors (Lipinski definition) is 2. The van der Waals surface area contributed by atoms with Crippen molar-refractivity contribution >= 4 is 5.69 Å². The molecule has 0 fully saturated rings. The Bertz CT molecular complexity index is 591. The number of aliphatic hydroxyl groups is 1. The van der Waals surface area contributed by atoms with Gasteiger partial charge in [-0.15, -0.1) is 0 Å². The highest BCUT2D eigenvalue weighted by atomic mass is 19.1. The lowest BCUT2D eigenvalue weighted by atomic mass is 9.90. The molecule has 0 heterocycles. The van der Waals surface area contributed by atoms with Gasteiger partial charge >= 0.3 is 0 Å². The molecule has 0 saturated heterocycles. The van der Waals surface area contributed by atoms with Gasteiger partial charge in [0.05, 0.1) is 17.8 Å². The quantitative estimate of drug-likeness (QED) is 0.889. The zero-order chi connectivity index (χ0) is 14.8. The second-order valence-corrected chi connectivity index (χ2v) is 5.47. The smallest absolute Gasteiger partial charge is 0.146 e. The van der Waals surface area contributed by atoms with Crippen molar-refractivity contribution in [2.45, 2.75) is 26.3 Å². The van der Waals surface area contributed by atoms with Crippen LogP contribution in [-0.4, -0.2) is 11.7 Å². The van der Waals surface area contributed by atoms with Crippen LogP contribution in [0.25, 0.3) is 0 Å². The van der Waals surface area contributed by atoms with Gasteiger partial charge in [-0.2, -0.15) is 0 Å². The highest BCUT2D eigenvalue weighted by Gasteiger charge is 2.27. The number of nitrogens with one attached hydrogen (secondary N) is 1. The van der Waals surface area contributed by atoms with Crippen molar-refractivity contribution in [3.63, 3.8) is 0 Å². The van der Waals surface area contributed by atoms with Gasteiger partial charge in [-0.3, -0.25) is 0 Å². The number of rotatable bonds is 4. The van der Waals surface area contributed by atoms with Gasteiger partial charge in [0.25, 0.3) is 0 Å². The Balaban J connectivity index is 2.41. The van der Waals surface area contributed by atoms with Gasteiger partial charge in [0.15, 0.2) is 0 Å². The van der Waals surface area contributed by atoms with Crippen LogP contribution in [-0.2, 0) is 5.54 Å². The largest absolute Gasteiger partial charge is 0.394 e. The molecule has 0 radical (unpaired) electrons. The van der Waals surface area contributed by atoms with E-state index in [0.717, 1.165) is 16.7 Å². The van der Waals surface area contributed by atoms with E-state index in [1.165, 1.54) is 6.07 Å². The van der Waals surface area contributed by atoms with E-state index in [-0.39, 0.29) is 12.4 Å². The summed E-state index contributed by atoms with van der Waals surface area (Å²) in [7, 11) is 0. The van der Waals surface area contributed by atoms with Crippen molar-refractivity contribution < 1.29 is 9.50 Å². The monoisotopic (exact) mass is 273 g/mol. The molecule has 2 nitrogen and oxygen atoms in total. The Morgan fingerprint density at radius 1 is 1.10 bits per heavy atom. The first-order valence-corrected chi connectivity index (χ1v) is 6.67. The van der Waals surface area contributed by atoms with Gasteiger partial charge in [0.1, 0.15) is 5.82 Å². The predicted octanol–water partition coefficient (Wildman–Crippen LogP) is 3.76. The van der Waals surface area contributed by atoms with Crippen molar-refractivity contribution in [1.82, 2.24) is 0 Å². The van der Waals surface area contributed by atoms with Crippen LogP contribution < -0.4 is 5.32 Å². The Morgan fingerprint density at radius 3 is 2.25 bits per heavy atom. The van der Waals surface area contributed by atoms with E-state index in [1.54, 1.807) is 18.2 Å². The third kappa shape index (κ3) is 2.99. The molecule has 2 aromatic carbocycles. The number of anilines is 1. The Labute approximate surface area is 119 Å². The Morgan fingerprint density at radius 2 is 1.70 bits per heavy atom. The van der Waals surface area contributed by atoms with Crippen molar-refractivity contribution in [2.24, 2.45) is 0 Å². The number of para-hydroxylation sites is 1. The molecule has 1 atom stereocenters. The number of halogens is 1. The molecule has 0 bridgehead atoms. The number of benzene rings is 2. The minimum absolute atomic E-state index is 0.121. The van der Waals surface area contributed by atoms with E-state index < -0.39 is 5.54 Å². The molecule has 0 aliphatic carbocycles. The lowest BCUT2D eigenvalue weighted by molar-refractivity contribution is 0.223. The van der Waals surface area contributed by atoms with Crippen LogP contribution in [0.3, 0.4) is 0 Å². The maximum absolute atomic E-state index is 13.8. The number of hydrogen-bond acceptors (Lipinski definition) is 2. The average molecular weight is 273 g/mol. The Hall–Kier alpha value is -1.87. The first-order valence-electron chi connectivity index (χ1n) is 6.67. The molecule has 0 saturated carbocycles. The molecular weight excluding hydrogens is 253 g/mol. The van der Waals surface area contributed by atoms with Gasteiger partial charge in [-0.25, -0.2) is 4.39 Å². The summed E-state index contributed by atoms with van der Waals surface area (Å²) in [6.07, 6.45) is 0. The summed E-state index contributed by atoms with van der Waals surface area (Å²) >= 11 is 0. The van der Waals surface area contributed by atoms with Crippen LogP contribution >= 0.6 is 0 Å². The molecule has 0 aliphatic heterocycles. The Kier molecular flexibility index (Phi) is 4.09. The van der Waals surface area contributed by atoms with Crippen molar-refractivity contribution in [1.29, 1.82) is 0 Å². The molecule has 3 heteroatoms. The van der Waals surface area contributed by atoms with Crippen LogP contribution in [0.2, 0.25) is 0 Å². The van der Waals surface area contributed by atoms with E-state index >= 15 is 0 Å². The number of aliphatic hydroxyl groups excluding tert-OH is 1. The van der Waals surface area contributed by atoms with Gasteiger partial charge in [0, 0.05) is 0 Å². The molecule has 0 aromatic heterocycles. The third-order valence-electron chi connectivity index (χ3n) is 3.46. The molecule has 0 spiro atoms. The summed E-state index contributed by atoms with van der Waals surface area (Å²) in [6.45, 7) is 5.77. The summed E-state index contributed by atoms with van der Waals surface area (Å²) in [5.74, 6) is -0.323. The van der Waals surface area contributed by atoms with Crippen LogP contribution in [0.5, 0.6) is 0 Å². The normalized spacial score (nSPS) is 13.8. The van der Waals surface area contributed by atoms with E-state index in [1.807, 2.05) is 32.9 Å². The molecular formula is C17H20FNO. The van der Waals surface area contributed by atoms with Crippen LogP contribution in [0.4, 0.5) is 10.1 Å². The summed E-state index contributed by atoms with van der Waals surface area (Å²) in [5, 5.41) is 12.9. The number of aryl methyl sites for hydroxylation is 2. The van der Waals surface area contributed by atoms with Crippen LogP contribution in [0.15, 0.2) is 42.5 Å². The van der Waals surface area contributed by atoms with Crippen molar-refractivity contribution in [3.05, 3.63) is 65.0 Å². The molecule has 2 N–H and O–H groups in total. The van der Waals surface area contributed by atoms with Gasteiger partial charge < -0.3 is 10.4 Å². The summed E-state index contributed by atoms with van der Waals surface area (Å²) in [6, 6.07) is 12.6. The first kappa shape index (κ1) is 14.5. The molecule has 1 unspecified atom stereocenters. The molecule has 106 valence electrons. The zero-order valence-corrected chi connectivity index (χ0v) is 12.1. The van der Waals surface area contributed by atoms with Gasteiger partial charge in [-0.1, -0.05) is 41.5 Å². The van der Waals surface area contributed by atoms with E-state index in [4.69, 9.17) is 0 Å². The fourth-order valence-corrected chi connectivity index (χ4v) is 2.36. The van der Waals surface area contributed by atoms with E-state index in [2.05, 4.69) is 11.4 Å².